The molecule has 0 aromatic heterocycles. The van der Waals surface area contributed by atoms with Crippen LogP contribution in [0.15, 0.2) is 57.8 Å². The molecule has 0 bridgehead atoms. The Bertz CT molecular complexity index is 1130. The summed E-state index contributed by atoms with van der Waals surface area (Å²) in [6.07, 6.45) is 1.53. The molecule has 0 aliphatic carbocycles. The van der Waals surface area contributed by atoms with Gasteiger partial charge in [0.15, 0.2) is 0 Å². The Morgan fingerprint density at radius 2 is 1.50 bits per heavy atom. The van der Waals surface area contributed by atoms with E-state index in [0.29, 0.717) is 29.1 Å². The molecule has 1 saturated heterocycles. The first-order chi connectivity index (χ1) is 14.9. The number of nitrogens with one attached hydrogen (secondary N) is 2. The second-order valence-electron chi connectivity index (χ2n) is 8.77. The molecule has 2 N–H and O–H groups in total. The zero-order valence-corrected chi connectivity index (χ0v) is 19.5. The van der Waals surface area contributed by atoms with Gasteiger partial charge < -0.3 is 15.5 Å². The first-order valence-corrected chi connectivity index (χ1v) is 11.8. The molecule has 8 nitrogen and oxygen atoms in total. The van der Waals surface area contributed by atoms with Gasteiger partial charge in [-0.15, -0.1) is 4.40 Å². The number of amidine groups is 1. The Kier molecular flexibility index (Phi) is 6.68. The maximum absolute atomic E-state index is 12.5. The molecule has 0 saturated carbocycles. The normalized spacial score (nSPS) is 15.6. The van der Waals surface area contributed by atoms with Crippen molar-refractivity contribution in [3.05, 3.63) is 59.7 Å². The Morgan fingerprint density at radius 1 is 0.938 bits per heavy atom. The van der Waals surface area contributed by atoms with Gasteiger partial charge >= 0.3 is 0 Å². The lowest BCUT2D eigenvalue weighted by molar-refractivity contribution is 0.0918. The highest BCUT2D eigenvalue weighted by Crippen LogP contribution is 2.19. The molecule has 0 spiro atoms. The molecule has 170 valence electrons. The summed E-state index contributed by atoms with van der Waals surface area (Å²) < 4.78 is 29.0. The van der Waals surface area contributed by atoms with E-state index in [1.165, 1.54) is 24.3 Å². The monoisotopic (exact) mass is 456 g/mol. The first kappa shape index (κ1) is 23.5. The molecule has 0 unspecified atom stereocenters. The van der Waals surface area contributed by atoms with Gasteiger partial charge in [0.05, 0.1) is 4.90 Å². The van der Waals surface area contributed by atoms with Crippen molar-refractivity contribution < 1.29 is 18.0 Å². The van der Waals surface area contributed by atoms with Gasteiger partial charge in [-0.1, -0.05) is 0 Å². The van der Waals surface area contributed by atoms with Crippen LogP contribution < -0.4 is 10.6 Å². The molecule has 0 atom stereocenters. The number of likely N-dealkylation sites (tertiary alicyclic amines) is 1. The van der Waals surface area contributed by atoms with Crippen LogP contribution >= 0.6 is 0 Å². The Hall–Kier alpha value is -3.20. The lowest BCUT2D eigenvalue weighted by Crippen LogP contribution is -2.40. The van der Waals surface area contributed by atoms with Gasteiger partial charge in [-0.2, -0.15) is 8.42 Å². The van der Waals surface area contributed by atoms with Gasteiger partial charge in [0.1, 0.15) is 5.84 Å². The molecule has 2 aromatic carbocycles. The van der Waals surface area contributed by atoms with E-state index in [1.807, 2.05) is 32.7 Å². The number of carbonyl (C=O) groups excluding carboxylic acids is 2. The molecule has 3 rings (SSSR count). The summed E-state index contributed by atoms with van der Waals surface area (Å²) in [5, 5.41) is 5.59. The van der Waals surface area contributed by atoms with Crippen molar-refractivity contribution in [2.24, 2.45) is 4.40 Å². The molecule has 32 heavy (non-hydrogen) atoms. The van der Waals surface area contributed by atoms with Gasteiger partial charge in [-0.05, 0) is 75.7 Å². The highest BCUT2D eigenvalue weighted by molar-refractivity contribution is 7.90. The number of carbonyl (C=O) groups is 2. The summed E-state index contributed by atoms with van der Waals surface area (Å²) in [6, 6.07) is 12.2. The third kappa shape index (κ3) is 5.94. The van der Waals surface area contributed by atoms with Crippen molar-refractivity contribution >= 4 is 33.4 Å². The zero-order valence-electron chi connectivity index (χ0n) is 18.7. The highest BCUT2D eigenvalue weighted by Gasteiger charge is 2.20. The fourth-order valence-corrected chi connectivity index (χ4v) is 4.29. The summed E-state index contributed by atoms with van der Waals surface area (Å²) in [7, 11) is -1.98. The molecule has 1 fully saturated rings. The largest absolute Gasteiger partial charge is 0.362 e. The number of nitrogens with zero attached hydrogens (tertiary/aromatic N) is 2. The van der Waals surface area contributed by atoms with E-state index in [4.69, 9.17) is 0 Å². The summed E-state index contributed by atoms with van der Waals surface area (Å²) in [4.78, 5) is 26.6. The molecule has 2 aromatic rings. The molecule has 2 amide bonds. The summed E-state index contributed by atoms with van der Waals surface area (Å²) >= 11 is 0. The van der Waals surface area contributed by atoms with Crippen LogP contribution in [0.3, 0.4) is 0 Å². The van der Waals surface area contributed by atoms with Crippen molar-refractivity contribution in [1.29, 1.82) is 0 Å². The molecule has 1 aliphatic rings. The number of sulfonamides is 1. The van der Waals surface area contributed by atoms with E-state index in [0.717, 1.165) is 13.0 Å². The number of rotatable bonds is 5. The van der Waals surface area contributed by atoms with Crippen LogP contribution in [0.2, 0.25) is 0 Å². The Balaban J connectivity index is 1.66. The molecule has 1 aliphatic heterocycles. The van der Waals surface area contributed by atoms with Crippen LogP contribution in [0, 0.1) is 0 Å². The molecule has 9 heteroatoms. The maximum atomic E-state index is 12.5. The topological polar surface area (TPSA) is 108 Å². The summed E-state index contributed by atoms with van der Waals surface area (Å²) in [6.45, 7) is 6.47. The van der Waals surface area contributed by atoms with Crippen LogP contribution in [-0.4, -0.2) is 50.1 Å². The number of hydrogen-bond donors (Lipinski definition) is 2. The standard InChI is InChI=1S/C23H28N4O4S/c1-23(2,3)25-22(29)17-9-7-16(8-10-17)21(28)24-18-11-13-19(14-12-18)32(30,31)26-20-6-5-15-27(20)4/h7-14H,5-6,15H2,1-4H3,(H,24,28)(H,25,29)/b26-20+. The molecular formula is C23H28N4O4S. The van der Waals surface area contributed by atoms with E-state index in [2.05, 4.69) is 15.0 Å². The zero-order chi connectivity index (χ0) is 23.5. The Morgan fingerprint density at radius 3 is 2.00 bits per heavy atom. The van der Waals surface area contributed by atoms with Crippen molar-refractivity contribution in [1.82, 2.24) is 10.2 Å². The van der Waals surface area contributed by atoms with Crippen molar-refractivity contribution in [3.63, 3.8) is 0 Å². The Labute approximate surface area is 188 Å². The quantitative estimate of drug-likeness (QED) is 0.718. The third-order valence-electron chi connectivity index (χ3n) is 4.87. The average Bonchev–Trinajstić information content (AvgIpc) is 3.11. The van der Waals surface area contributed by atoms with Crippen LogP contribution in [0.4, 0.5) is 5.69 Å². The number of anilines is 1. The SMILES string of the molecule is CN1CCC/C1=N\S(=O)(=O)c1ccc(NC(=O)c2ccc(C(=O)NC(C)(C)C)cc2)cc1. The summed E-state index contributed by atoms with van der Waals surface area (Å²) in [5.41, 5.74) is 0.936. The second kappa shape index (κ2) is 9.12. The lowest BCUT2D eigenvalue weighted by Gasteiger charge is -2.20. The number of benzene rings is 2. The van der Waals surface area contributed by atoms with Crippen LogP contribution in [0.25, 0.3) is 0 Å². The van der Waals surface area contributed by atoms with Crippen LogP contribution in [0.1, 0.15) is 54.3 Å². The number of hydrogen-bond acceptors (Lipinski definition) is 4. The minimum absolute atomic E-state index is 0.0671. The van der Waals surface area contributed by atoms with Crippen molar-refractivity contribution in [3.8, 4) is 0 Å². The minimum Gasteiger partial charge on any atom is -0.362 e. The third-order valence-corrected chi connectivity index (χ3v) is 6.19. The first-order valence-electron chi connectivity index (χ1n) is 10.3. The fourth-order valence-electron chi connectivity index (χ4n) is 3.20. The van der Waals surface area contributed by atoms with Gasteiger partial charge in [-0.3, -0.25) is 9.59 Å². The van der Waals surface area contributed by atoms with Crippen LogP contribution in [-0.2, 0) is 10.0 Å². The predicted molar refractivity (Wildman–Crippen MR) is 125 cm³/mol. The van der Waals surface area contributed by atoms with E-state index in [1.54, 1.807) is 24.3 Å². The molecule has 1 heterocycles. The van der Waals surface area contributed by atoms with Crippen molar-refractivity contribution in [2.45, 2.75) is 44.0 Å². The van der Waals surface area contributed by atoms with E-state index in [9.17, 15) is 18.0 Å². The average molecular weight is 457 g/mol. The lowest BCUT2D eigenvalue weighted by atomic mass is 10.1. The minimum atomic E-state index is -3.80. The maximum Gasteiger partial charge on any atom is 0.283 e. The molecule has 0 radical (unpaired) electrons. The second-order valence-corrected chi connectivity index (χ2v) is 10.4. The smallest absolute Gasteiger partial charge is 0.283 e. The van der Waals surface area contributed by atoms with Gasteiger partial charge in [0, 0.05) is 42.4 Å². The van der Waals surface area contributed by atoms with Crippen molar-refractivity contribution in [2.75, 3.05) is 18.9 Å². The van der Waals surface area contributed by atoms with E-state index < -0.39 is 10.0 Å². The number of amides is 2. The predicted octanol–water partition coefficient (Wildman–Crippen LogP) is 3.28. The van der Waals surface area contributed by atoms with Gasteiger partial charge in [0.25, 0.3) is 21.8 Å². The van der Waals surface area contributed by atoms with E-state index in [-0.39, 0.29) is 22.2 Å². The summed E-state index contributed by atoms with van der Waals surface area (Å²) in [5.74, 6) is -0.0214. The molecular weight excluding hydrogens is 428 g/mol. The fraction of sp³-hybridized carbons (Fsp3) is 0.348. The van der Waals surface area contributed by atoms with Crippen LogP contribution in [0.5, 0.6) is 0 Å². The van der Waals surface area contributed by atoms with E-state index >= 15 is 0 Å². The highest BCUT2D eigenvalue weighted by atomic mass is 32.2. The van der Waals surface area contributed by atoms with Gasteiger partial charge in [-0.25, -0.2) is 0 Å². The van der Waals surface area contributed by atoms with Gasteiger partial charge in [0.2, 0.25) is 0 Å².